The number of hydrogen-bond donors (Lipinski definition) is 1. The number of nitrogens with zero attached hydrogens (tertiary/aromatic N) is 1. The van der Waals surface area contributed by atoms with E-state index in [2.05, 4.69) is 0 Å². The zero-order valence-electron chi connectivity index (χ0n) is 11.5. The minimum absolute atomic E-state index is 0.0799. The number of methoxy groups -OCH3 is 1. The van der Waals surface area contributed by atoms with Crippen molar-refractivity contribution in [2.45, 2.75) is 13.2 Å². The lowest BCUT2D eigenvalue weighted by Gasteiger charge is -2.12. The highest BCUT2D eigenvalue weighted by Crippen LogP contribution is 2.26. The molecule has 6 heteroatoms. The van der Waals surface area contributed by atoms with Gasteiger partial charge in [-0.25, -0.2) is 0 Å². The van der Waals surface area contributed by atoms with Crippen LogP contribution >= 0.6 is 0 Å². The molecule has 0 spiro atoms. The summed E-state index contributed by atoms with van der Waals surface area (Å²) in [5.41, 5.74) is 1.14. The predicted molar refractivity (Wildman–Crippen MR) is 76.3 cm³/mol. The van der Waals surface area contributed by atoms with Gasteiger partial charge in [0, 0.05) is 23.3 Å². The molecule has 2 aromatic carbocycles. The summed E-state index contributed by atoms with van der Waals surface area (Å²) in [7, 11) is 1.57. The summed E-state index contributed by atoms with van der Waals surface area (Å²) in [6.45, 7) is -0.0856. The van der Waals surface area contributed by atoms with E-state index in [1.165, 1.54) is 18.2 Å². The number of rotatable bonds is 6. The molecule has 6 nitrogen and oxygen atoms in total. The van der Waals surface area contributed by atoms with Crippen LogP contribution in [0.25, 0.3) is 0 Å². The van der Waals surface area contributed by atoms with Crippen molar-refractivity contribution in [1.29, 1.82) is 0 Å². The highest BCUT2D eigenvalue weighted by atomic mass is 16.6. The normalized spacial score (nSPS) is 10.2. The second-order valence-corrected chi connectivity index (χ2v) is 4.31. The molecule has 0 unspecified atom stereocenters. The van der Waals surface area contributed by atoms with Crippen molar-refractivity contribution in [3.05, 3.63) is 63.7 Å². The number of benzene rings is 2. The van der Waals surface area contributed by atoms with E-state index >= 15 is 0 Å². The maximum atomic E-state index is 10.7. The maximum absolute atomic E-state index is 10.7. The molecular weight excluding hydrogens is 274 g/mol. The molecule has 110 valence electrons. The number of ether oxygens (including phenoxy) is 2. The molecule has 1 N–H and O–H groups in total. The molecule has 0 aliphatic carbocycles. The van der Waals surface area contributed by atoms with Crippen LogP contribution in [0.2, 0.25) is 0 Å². The molecule has 0 radical (unpaired) electrons. The number of nitro groups is 1. The van der Waals surface area contributed by atoms with Gasteiger partial charge in [0.1, 0.15) is 18.1 Å². The summed E-state index contributed by atoms with van der Waals surface area (Å²) in [5.74, 6) is 1.11. The largest absolute Gasteiger partial charge is 0.496 e. The molecule has 0 aliphatic rings. The third kappa shape index (κ3) is 3.49. The summed E-state index contributed by atoms with van der Waals surface area (Å²) in [6.07, 6.45) is 0. The number of hydrogen-bond acceptors (Lipinski definition) is 5. The van der Waals surface area contributed by atoms with Gasteiger partial charge >= 0.3 is 0 Å². The topological polar surface area (TPSA) is 81.8 Å². The van der Waals surface area contributed by atoms with E-state index in [4.69, 9.17) is 9.47 Å². The standard InChI is InChI=1S/C15H15NO5/c1-20-14-5-3-2-4-11(14)10-21-15-7-6-13(16(18)19)8-12(15)9-17/h2-8,17H,9-10H2,1H3. The minimum atomic E-state index is -0.511. The molecule has 0 atom stereocenters. The first-order valence-corrected chi connectivity index (χ1v) is 6.28. The molecule has 2 aromatic rings. The second-order valence-electron chi connectivity index (χ2n) is 4.31. The SMILES string of the molecule is COc1ccccc1COc1ccc([N+](=O)[O-])cc1CO. The Morgan fingerprint density at radius 3 is 2.57 bits per heavy atom. The summed E-state index contributed by atoms with van der Waals surface area (Å²) in [4.78, 5) is 10.2. The van der Waals surface area contributed by atoms with Crippen molar-refractivity contribution >= 4 is 5.69 Å². The number of non-ortho nitro benzene ring substituents is 1. The number of aliphatic hydroxyl groups excluding tert-OH is 1. The van der Waals surface area contributed by atoms with Crippen LogP contribution in [0.1, 0.15) is 11.1 Å². The molecule has 21 heavy (non-hydrogen) atoms. The summed E-state index contributed by atoms with van der Waals surface area (Å²) >= 11 is 0. The summed E-state index contributed by atoms with van der Waals surface area (Å²) in [6, 6.07) is 11.5. The van der Waals surface area contributed by atoms with E-state index in [1.807, 2.05) is 24.3 Å². The van der Waals surface area contributed by atoms with Gasteiger partial charge in [-0.3, -0.25) is 10.1 Å². The van der Waals surface area contributed by atoms with Gasteiger partial charge in [-0.1, -0.05) is 18.2 Å². The van der Waals surface area contributed by atoms with Crippen LogP contribution < -0.4 is 9.47 Å². The Kier molecular flexibility index (Phi) is 4.73. The van der Waals surface area contributed by atoms with Crippen LogP contribution in [0.15, 0.2) is 42.5 Å². The molecule has 0 bridgehead atoms. The zero-order chi connectivity index (χ0) is 15.2. The lowest BCUT2D eigenvalue weighted by atomic mass is 10.2. The Labute approximate surface area is 121 Å². The number of para-hydroxylation sites is 1. The van der Waals surface area contributed by atoms with E-state index < -0.39 is 4.92 Å². The molecule has 0 heterocycles. The fourth-order valence-electron chi connectivity index (χ4n) is 1.92. The van der Waals surface area contributed by atoms with Crippen LogP contribution in [0.3, 0.4) is 0 Å². The van der Waals surface area contributed by atoms with E-state index in [1.54, 1.807) is 7.11 Å². The van der Waals surface area contributed by atoms with Crippen molar-refractivity contribution < 1.29 is 19.5 Å². The molecule has 0 saturated carbocycles. The molecule has 0 aliphatic heterocycles. The Morgan fingerprint density at radius 2 is 1.90 bits per heavy atom. The average molecular weight is 289 g/mol. The molecule has 2 rings (SSSR count). The van der Waals surface area contributed by atoms with Gasteiger partial charge in [0.05, 0.1) is 18.6 Å². The van der Waals surface area contributed by atoms with Gasteiger partial charge in [-0.2, -0.15) is 0 Å². The van der Waals surface area contributed by atoms with E-state index in [9.17, 15) is 15.2 Å². The first-order chi connectivity index (χ1) is 10.2. The van der Waals surface area contributed by atoms with Crippen LogP contribution in [-0.2, 0) is 13.2 Å². The van der Waals surface area contributed by atoms with E-state index in [0.29, 0.717) is 17.1 Å². The highest BCUT2D eigenvalue weighted by Gasteiger charge is 2.12. The van der Waals surface area contributed by atoms with E-state index in [0.717, 1.165) is 5.56 Å². The quantitative estimate of drug-likeness (QED) is 0.653. The average Bonchev–Trinajstić information content (AvgIpc) is 2.52. The fourth-order valence-corrected chi connectivity index (χ4v) is 1.92. The lowest BCUT2D eigenvalue weighted by Crippen LogP contribution is -2.01. The van der Waals surface area contributed by atoms with Gasteiger partial charge in [-0.15, -0.1) is 0 Å². The third-order valence-corrected chi connectivity index (χ3v) is 3.00. The zero-order valence-corrected chi connectivity index (χ0v) is 11.5. The number of aliphatic hydroxyl groups is 1. The van der Waals surface area contributed by atoms with Crippen LogP contribution in [0.5, 0.6) is 11.5 Å². The van der Waals surface area contributed by atoms with Gasteiger partial charge in [0.2, 0.25) is 0 Å². The van der Waals surface area contributed by atoms with Crippen molar-refractivity contribution in [2.24, 2.45) is 0 Å². The number of nitro benzene ring substituents is 1. The van der Waals surface area contributed by atoms with Gasteiger partial charge in [0.15, 0.2) is 0 Å². The minimum Gasteiger partial charge on any atom is -0.496 e. The molecule has 0 saturated heterocycles. The van der Waals surface area contributed by atoms with E-state index in [-0.39, 0.29) is 18.9 Å². The Bertz CT molecular complexity index is 642. The molecule has 0 aromatic heterocycles. The molecule has 0 amide bonds. The lowest BCUT2D eigenvalue weighted by molar-refractivity contribution is -0.385. The van der Waals surface area contributed by atoms with Gasteiger partial charge in [-0.05, 0) is 12.1 Å². The smallest absolute Gasteiger partial charge is 0.270 e. The third-order valence-electron chi connectivity index (χ3n) is 3.00. The fraction of sp³-hybridized carbons (Fsp3) is 0.200. The predicted octanol–water partition coefficient (Wildman–Crippen LogP) is 2.67. The van der Waals surface area contributed by atoms with Gasteiger partial charge < -0.3 is 14.6 Å². The highest BCUT2D eigenvalue weighted by molar-refractivity contribution is 5.44. The van der Waals surface area contributed by atoms with Crippen LogP contribution in [0, 0.1) is 10.1 Å². The van der Waals surface area contributed by atoms with Crippen LogP contribution in [0.4, 0.5) is 5.69 Å². The van der Waals surface area contributed by atoms with Gasteiger partial charge in [0.25, 0.3) is 5.69 Å². The van der Waals surface area contributed by atoms with Crippen molar-refractivity contribution in [3.8, 4) is 11.5 Å². The van der Waals surface area contributed by atoms with Crippen molar-refractivity contribution in [1.82, 2.24) is 0 Å². The summed E-state index contributed by atoms with van der Waals surface area (Å²) < 4.78 is 10.9. The second kappa shape index (κ2) is 6.71. The van der Waals surface area contributed by atoms with Crippen molar-refractivity contribution in [2.75, 3.05) is 7.11 Å². The maximum Gasteiger partial charge on any atom is 0.270 e. The molecular formula is C15H15NO5. The Morgan fingerprint density at radius 1 is 1.14 bits per heavy atom. The Balaban J connectivity index is 2.18. The monoisotopic (exact) mass is 289 g/mol. The molecule has 0 fully saturated rings. The van der Waals surface area contributed by atoms with Crippen LogP contribution in [-0.4, -0.2) is 17.1 Å². The van der Waals surface area contributed by atoms with Crippen molar-refractivity contribution in [3.63, 3.8) is 0 Å². The first kappa shape index (κ1) is 14.8. The first-order valence-electron chi connectivity index (χ1n) is 6.28. The Hall–Kier alpha value is -2.60. The summed E-state index contributed by atoms with van der Waals surface area (Å²) in [5, 5.41) is 20.0.